The van der Waals surface area contributed by atoms with Crippen molar-refractivity contribution in [2.75, 3.05) is 18.9 Å². The van der Waals surface area contributed by atoms with Crippen LogP contribution in [-0.4, -0.2) is 22.8 Å². The fraction of sp³-hybridized carbons (Fsp3) is 0.588. The second-order valence-electron chi connectivity index (χ2n) is 7.10. The van der Waals surface area contributed by atoms with Crippen LogP contribution in [0.1, 0.15) is 39.4 Å². The van der Waals surface area contributed by atoms with Gasteiger partial charge in [-0.05, 0) is 37.0 Å². The van der Waals surface area contributed by atoms with Crippen LogP contribution < -0.4 is 5.73 Å². The zero-order valence-corrected chi connectivity index (χ0v) is 13.2. The summed E-state index contributed by atoms with van der Waals surface area (Å²) in [4.78, 5) is 4.80. The number of nitrogen functional groups attached to an aromatic ring is 1. The average molecular weight is 287 g/mol. The van der Waals surface area contributed by atoms with Crippen LogP contribution in [0.2, 0.25) is 0 Å². The Hall–Kier alpha value is -1.55. The molecule has 0 spiro atoms. The molecule has 1 aromatic carbocycles. The first-order chi connectivity index (χ1) is 9.95. The Morgan fingerprint density at radius 3 is 2.76 bits per heavy atom. The van der Waals surface area contributed by atoms with Crippen molar-refractivity contribution in [1.29, 1.82) is 0 Å². The second-order valence-corrected chi connectivity index (χ2v) is 7.10. The number of hydrogen-bond acceptors (Lipinski definition) is 3. The van der Waals surface area contributed by atoms with Crippen LogP contribution in [-0.2, 0) is 16.7 Å². The number of aromatic nitrogens is 2. The Morgan fingerprint density at radius 1 is 1.33 bits per heavy atom. The first-order valence-corrected chi connectivity index (χ1v) is 7.79. The third kappa shape index (κ3) is 3.21. The molecule has 0 bridgehead atoms. The van der Waals surface area contributed by atoms with Crippen molar-refractivity contribution >= 4 is 16.7 Å². The summed E-state index contributed by atoms with van der Waals surface area (Å²) in [6, 6.07) is 5.96. The van der Waals surface area contributed by atoms with Gasteiger partial charge in [-0.1, -0.05) is 20.8 Å². The van der Waals surface area contributed by atoms with Crippen molar-refractivity contribution in [2.24, 2.45) is 5.92 Å². The lowest BCUT2D eigenvalue weighted by Crippen LogP contribution is -2.20. The summed E-state index contributed by atoms with van der Waals surface area (Å²) in [5.41, 5.74) is 8.76. The van der Waals surface area contributed by atoms with Crippen molar-refractivity contribution in [3.63, 3.8) is 0 Å². The third-order valence-electron chi connectivity index (χ3n) is 3.95. The smallest absolute Gasteiger partial charge is 0.115 e. The monoisotopic (exact) mass is 287 g/mol. The Kier molecular flexibility index (Phi) is 3.66. The minimum absolute atomic E-state index is 0.00424. The third-order valence-corrected chi connectivity index (χ3v) is 3.95. The number of nitrogens with two attached hydrogens (primary N) is 1. The molecule has 0 atom stereocenters. The van der Waals surface area contributed by atoms with Crippen molar-refractivity contribution in [3.8, 4) is 0 Å². The number of ether oxygens (including phenoxy) is 1. The van der Waals surface area contributed by atoms with E-state index >= 15 is 0 Å². The van der Waals surface area contributed by atoms with Gasteiger partial charge >= 0.3 is 0 Å². The van der Waals surface area contributed by atoms with Crippen molar-refractivity contribution < 1.29 is 4.74 Å². The van der Waals surface area contributed by atoms with Gasteiger partial charge in [0, 0.05) is 24.3 Å². The lowest BCUT2D eigenvalue weighted by Gasteiger charge is -2.20. The van der Waals surface area contributed by atoms with E-state index in [2.05, 4.69) is 31.4 Å². The molecular formula is C17H25N3O. The van der Waals surface area contributed by atoms with E-state index in [4.69, 9.17) is 15.5 Å². The molecule has 1 fully saturated rings. The molecule has 1 aliphatic rings. The SMILES string of the molecule is CC(C)(C)c1nc2cc(N)ccc2n1CCOCC1CC1. The lowest BCUT2D eigenvalue weighted by atomic mass is 9.95. The van der Waals surface area contributed by atoms with E-state index in [1.165, 1.54) is 12.8 Å². The van der Waals surface area contributed by atoms with Crippen LogP contribution in [0.5, 0.6) is 0 Å². The number of rotatable bonds is 5. The van der Waals surface area contributed by atoms with Crippen LogP contribution in [0, 0.1) is 5.92 Å². The molecule has 2 aromatic rings. The molecule has 3 rings (SSSR count). The molecule has 0 saturated heterocycles. The Bertz CT molecular complexity index is 635. The van der Waals surface area contributed by atoms with E-state index in [0.29, 0.717) is 0 Å². The minimum Gasteiger partial charge on any atom is -0.399 e. The second kappa shape index (κ2) is 5.34. The topological polar surface area (TPSA) is 53.1 Å². The van der Waals surface area contributed by atoms with E-state index in [1.54, 1.807) is 0 Å². The first-order valence-electron chi connectivity index (χ1n) is 7.79. The van der Waals surface area contributed by atoms with Gasteiger partial charge in [0.05, 0.1) is 17.6 Å². The van der Waals surface area contributed by atoms with Gasteiger partial charge in [0.15, 0.2) is 0 Å². The summed E-state index contributed by atoms with van der Waals surface area (Å²) in [6.07, 6.45) is 2.67. The Labute approximate surface area is 126 Å². The number of nitrogens with zero attached hydrogens (tertiary/aromatic N) is 2. The fourth-order valence-electron chi connectivity index (χ4n) is 2.64. The van der Waals surface area contributed by atoms with Crippen molar-refractivity contribution in [1.82, 2.24) is 9.55 Å². The molecule has 1 heterocycles. The number of fused-ring (bicyclic) bond motifs is 1. The molecule has 114 valence electrons. The molecule has 1 saturated carbocycles. The summed E-state index contributed by atoms with van der Waals surface area (Å²) < 4.78 is 8.08. The molecule has 4 nitrogen and oxygen atoms in total. The minimum atomic E-state index is 0.00424. The molecule has 0 aliphatic heterocycles. The molecule has 0 amide bonds. The molecule has 1 aliphatic carbocycles. The average Bonchev–Trinajstić information content (AvgIpc) is 3.14. The normalized spacial score (nSPS) is 15.8. The summed E-state index contributed by atoms with van der Waals surface area (Å²) in [6.45, 7) is 9.08. The molecule has 1 aromatic heterocycles. The van der Waals surface area contributed by atoms with Crippen LogP contribution in [0.25, 0.3) is 11.0 Å². The van der Waals surface area contributed by atoms with Gasteiger partial charge in [0.25, 0.3) is 0 Å². The van der Waals surface area contributed by atoms with Gasteiger partial charge in [0.1, 0.15) is 5.82 Å². The molecule has 0 radical (unpaired) electrons. The maximum atomic E-state index is 5.88. The van der Waals surface area contributed by atoms with Gasteiger partial charge < -0.3 is 15.0 Å². The number of benzene rings is 1. The van der Waals surface area contributed by atoms with Crippen molar-refractivity contribution in [3.05, 3.63) is 24.0 Å². The van der Waals surface area contributed by atoms with Gasteiger partial charge in [-0.15, -0.1) is 0 Å². The number of anilines is 1. The largest absolute Gasteiger partial charge is 0.399 e. The molecule has 2 N–H and O–H groups in total. The molecule has 4 heteroatoms. The first kappa shape index (κ1) is 14.4. The van der Waals surface area contributed by atoms with E-state index in [9.17, 15) is 0 Å². The van der Waals surface area contributed by atoms with E-state index < -0.39 is 0 Å². The maximum absolute atomic E-state index is 5.88. The quantitative estimate of drug-likeness (QED) is 0.678. The molecule has 21 heavy (non-hydrogen) atoms. The van der Waals surface area contributed by atoms with E-state index in [0.717, 1.165) is 48.2 Å². The van der Waals surface area contributed by atoms with Gasteiger partial charge in [-0.3, -0.25) is 0 Å². The van der Waals surface area contributed by atoms with Gasteiger partial charge in [-0.25, -0.2) is 4.98 Å². The Balaban J connectivity index is 1.85. The van der Waals surface area contributed by atoms with Gasteiger partial charge in [0.2, 0.25) is 0 Å². The van der Waals surface area contributed by atoms with Crippen LogP contribution >= 0.6 is 0 Å². The van der Waals surface area contributed by atoms with E-state index in [1.807, 2.05) is 12.1 Å². The highest BCUT2D eigenvalue weighted by Crippen LogP contribution is 2.29. The number of hydrogen-bond donors (Lipinski definition) is 1. The van der Waals surface area contributed by atoms with Crippen LogP contribution in [0.4, 0.5) is 5.69 Å². The van der Waals surface area contributed by atoms with Crippen molar-refractivity contribution in [2.45, 2.75) is 45.6 Å². The summed E-state index contributed by atoms with van der Waals surface area (Å²) in [5.74, 6) is 1.91. The zero-order chi connectivity index (χ0) is 15.0. The molecular weight excluding hydrogens is 262 g/mol. The van der Waals surface area contributed by atoms with E-state index in [-0.39, 0.29) is 5.41 Å². The van der Waals surface area contributed by atoms with Gasteiger partial charge in [-0.2, -0.15) is 0 Å². The predicted octanol–water partition coefficient (Wildman–Crippen LogP) is 3.34. The fourth-order valence-corrected chi connectivity index (χ4v) is 2.64. The molecule has 0 unspecified atom stereocenters. The predicted molar refractivity (Wildman–Crippen MR) is 86.4 cm³/mol. The highest BCUT2D eigenvalue weighted by atomic mass is 16.5. The summed E-state index contributed by atoms with van der Waals surface area (Å²) >= 11 is 0. The summed E-state index contributed by atoms with van der Waals surface area (Å²) in [7, 11) is 0. The maximum Gasteiger partial charge on any atom is 0.115 e. The zero-order valence-electron chi connectivity index (χ0n) is 13.2. The Morgan fingerprint density at radius 2 is 2.10 bits per heavy atom. The van der Waals surface area contributed by atoms with Crippen LogP contribution in [0.15, 0.2) is 18.2 Å². The highest BCUT2D eigenvalue weighted by Gasteiger charge is 2.24. The van der Waals surface area contributed by atoms with Crippen LogP contribution in [0.3, 0.4) is 0 Å². The summed E-state index contributed by atoms with van der Waals surface area (Å²) in [5, 5.41) is 0. The lowest BCUT2D eigenvalue weighted by molar-refractivity contribution is 0.116. The highest BCUT2D eigenvalue weighted by molar-refractivity contribution is 5.79. The number of imidazole rings is 1. The standard InChI is InChI=1S/C17H25N3O/c1-17(2,3)16-19-14-10-13(18)6-7-15(14)20(16)8-9-21-11-12-4-5-12/h6-7,10,12H,4-5,8-9,11,18H2,1-3H3.